The Morgan fingerprint density at radius 1 is 1.67 bits per heavy atom. The minimum Gasteiger partial charge on any atom is -0.358 e. The van der Waals surface area contributed by atoms with Crippen LogP contribution in [0.15, 0.2) is 18.2 Å². The van der Waals surface area contributed by atoms with Gasteiger partial charge in [0.1, 0.15) is 0 Å². The first-order valence-electron chi connectivity index (χ1n) is 4.02. The number of non-ortho nitro benzene ring substituents is 1. The smallest absolute Gasteiger partial charge is 0.270 e. The molecule has 2 N–H and O–H groups in total. The molecule has 5 nitrogen and oxygen atoms in total. The molecule has 0 amide bonds. The van der Waals surface area contributed by atoms with Crippen LogP contribution in [0.4, 0.5) is 11.4 Å². The summed E-state index contributed by atoms with van der Waals surface area (Å²) in [5, 5.41) is 21.2. The molecule has 1 unspecified atom stereocenters. The van der Waals surface area contributed by atoms with Gasteiger partial charge in [0.15, 0.2) is 0 Å². The molecule has 0 radical (unpaired) electrons. The quantitative estimate of drug-likeness (QED) is 0.291. The molecule has 0 saturated heterocycles. The number of hydrogen-bond donors (Lipinski definition) is 2. The van der Waals surface area contributed by atoms with Crippen molar-refractivity contribution in [1.29, 1.82) is 5.41 Å². The molecular formula is C8H9IN3O2P. The van der Waals surface area contributed by atoms with E-state index in [9.17, 15) is 10.1 Å². The van der Waals surface area contributed by atoms with Gasteiger partial charge < -0.3 is 10.5 Å². The number of anilines is 1. The standard InChI is InChI=1S/C8H9IN3O2P/c1-5(10)7-4-6(12(13)14)2-3-8(7)11-15-9/h2-4,10-11,15H,1H3. The molecule has 1 aromatic carbocycles. The van der Waals surface area contributed by atoms with Crippen LogP contribution in [0, 0.1) is 15.5 Å². The van der Waals surface area contributed by atoms with E-state index in [1.807, 2.05) is 0 Å². The average Bonchev–Trinajstić information content (AvgIpc) is 2.18. The molecule has 0 spiro atoms. The van der Waals surface area contributed by atoms with Gasteiger partial charge in [-0.05, 0) is 35.0 Å². The van der Waals surface area contributed by atoms with Gasteiger partial charge in [-0.15, -0.1) is 0 Å². The third-order valence-corrected chi connectivity index (χ3v) is 2.97. The highest BCUT2D eigenvalue weighted by Crippen LogP contribution is 2.29. The fraction of sp³-hybridized carbons (Fsp3) is 0.125. The predicted octanol–water partition coefficient (Wildman–Crippen LogP) is 3.34. The third kappa shape index (κ3) is 3.10. The fourth-order valence-corrected chi connectivity index (χ4v) is 2.31. The van der Waals surface area contributed by atoms with Crippen LogP contribution in [-0.2, 0) is 0 Å². The first kappa shape index (κ1) is 12.3. The number of nitrogens with zero attached hydrogens (tertiary/aromatic N) is 1. The highest BCUT2D eigenvalue weighted by Gasteiger charge is 2.11. The van der Waals surface area contributed by atoms with Crippen molar-refractivity contribution in [2.45, 2.75) is 6.92 Å². The lowest BCUT2D eigenvalue weighted by molar-refractivity contribution is -0.384. The van der Waals surface area contributed by atoms with Crippen molar-refractivity contribution in [3.63, 3.8) is 0 Å². The minimum atomic E-state index is -0.456. The third-order valence-electron chi connectivity index (χ3n) is 1.80. The van der Waals surface area contributed by atoms with E-state index < -0.39 is 4.92 Å². The van der Waals surface area contributed by atoms with E-state index >= 15 is 0 Å². The summed E-state index contributed by atoms with van der Waals surface area (Å²) >= 11 is 2.17. The van der Waals surface area contributed by atoms with Crippen LogP contribution in [0.5, 0.6) is 0 Å². The van der Waals surface area contributed by atoms with Gasteiger partial charge in [-0.2, -0.15) is 0 Å². The summed E-state index contributed by atoms with van der Waals surface area (Å²) in [6.07, 6.45) is 0.469. The maximum atomic E-state index is 10.6. The van der Waals surface area contributed by atoms with Crippen molar-refractivity contribution >= 4 is 45.5 Å². The Labute approximate surface area is 102 Å². The van der Waals surface area contributed by atoms with E-state index in [1.165, 1.54) is 12.1 Å². The molecule has 1 rings (SSSR count). The van der Waals surface area contributed by atoms with Crippen molar-refractivity contribution < 1.29 is 4.92 Å². The number of nitro benzene ring substituents is 1. The highest BCUT2D eigenvalue weighted by molar-refractivity contribution is 14.2. The van der Waals surface area contributed by atoms with Gasteiger partial charge in [-0.25, -0.2) is 0 Å². The Bertz CT molecular complexity index is 411. The number of hydrogen-bond acceptors (Lipinski definition) is 4. The summed E-state index contributed by atoms with van der Waals surface area (Å²) < 4.78 is 0. The van der Waals surface area contributed by atoms with Gasteiger partial charge in [-0.1, -0.05) is 0 Å². The van der Waals surface area contributed by atoms with Crippen LogP contribution in [0.3, 0.4) is 0 Å². The topological polar surface area (TPSA) is 79.0 Å². The molecule has 0 fully saturated rings. The molecule has 0 heterocycles. The Morgan fingerprint density at radius 3 is 2.80 bits per heavy atom. The maximum absolute atomic E-state index is 10.6. The molecule has 0 saturated carbocycles. The largest absolute Gasteiger partial charge is 0.358 e. The molecule has 0 aliphatic heterocycles. The number of rotatable bonds is 4. The average molecular weight is 337 g/mol. The van der Waals surface area contributed by atoms with Crippen molar-refractivity contribution in [2.75, 3.05) is 5.09 Å². The molecule has 7 heteroatoms. The Hall–Kier alpha value is -0.750. The van der Waals surface area contributed by atoms with Crippen molar-refractivity contribution in [3.05, 3.63) is 33.9 Å². The van der Waals surface area contributed by atoms with Crippen LogP contribution < -0.4 is 5.09 Å². The normalized spacial score (nSPS) is 10.5. The van der Waals surface area contributed by atoms with Gasteiger partial charge in [0.2, 0.25) is 0 Å². The number of nitrogens with one attached hydrogen (secondary N) is 2. The summed E-state index contributed by atoms with van der Waals surface area (Å²) in [5.41, 5.74) is 1.67. The first-order chi connectivity index (χ1) is 7.06. The fourth-order valence-electron chi connectivity index (χ4n) is 1.12. The van der Waals surface area contributed by atoms with E-state index in [-0.39, 0.29) is 5.69 Å². The molecule has 0 aliphatic carbocycles. The molecule has 0 aliphatic rings. The second-order valence-electron chi connectivity index (χ2n) is 2.83. The van der Waals surface area contributed by atoms with Crippen molar-refractivity contribution in [1.82, 2.24) is 0 Å². The summed E-state index contributed by atoms with van der Waals surface area (Å²) in [4.78, 5) is 10.1. The molecule has 1 aromatic rings. The first-order valence-corrected chi connectivity index (χ1v) is 8.13. The zero-order chi connectivity index (χ0) is 11.4. The number of halogens is 1. The number of benzene rings is 1. The number of nitro groups is 1. The zero-order valence-corrected chi connectivity index (χ0v) is 11.0. The summed E-state index contributed by atoms with van der Waals surface area (Å²) in [6.45, 7) is 1.61. The molecule has 0 aromatic heterocycles. The van der Waals surface area contributed by atoms with E-state index in [1.54, 1.807) is 13.0 Å². The van der Waals surface area contributed by atoms with Gasteiger partial charge in [0.05, 0.1) is 4.92 Å². The minimum absolute atomic E-state index is 0.0129. The lowest BCUT2D eigenvalue weighted by Crippen LogP contribution is -1.99. The Morgan fingerprint density at radius 2 is 2.33 bits per heavy atom. The zero-order valence-electron chi connectivity index (χ0n) is 7.87. The molecular weight excluding hydrogens is 328 g/mol. The van der Waals surface area contributed by atoms with Gasteiger partial charge in [0.25, 0.3) is 5.69 Å². The van der Waals surface area contributed by atoms with Crippen molar-refractivity contribution in [3.8, 4) is 0 Å². The highest BCUT2D eigenvalue weighted by atomic mass is 127. The molecule has 15 heavy (non-hydrogen) atoms. The SMILES string of the molecule is CC(=N)c1cc([N+](=O)[O-])ccc1NPI. The lowest BCUT2D eigenvalue weighted by atomic mass is 10.1. The Kier molecular flexibility index (Phi) is 4.41. The molecule has 80 valence electrons. The second-order valence-corrected chi connectivity index (χ2v) is 4.89. The molecule has 1 atom stereocenters. The predicted molar refractivity (Wildman–Crippen MR) is 71.6 cm³/mol. The second kappa shape index (κ2) is 5.37. The maximum Gasteiger partial charge on any atom is 0.270 e. The summed E-state index contributed by atoms with van der Waals surface area (Å²) in [7, 11) is 0. The van der Waals surface area contributed by atoms with E-state index in [4.69, 9.17) is 5.41 Å². The van der Waals surface area contributed by atoms with Crippen LogP contribution in [0.1, 0.15) is 12.5 Å². The van der Waals surface area contributed by atoms with Crippen molar-refractivity contribution in [2.24, 2.45) is 0 Å². The van der Waals surface area contributed by atoms with Gasteiger partial charge in [0, 0.05) is 35.5 Å². The summed E-state index contributed by atoms with van der Waals surface area (Å²) in [6, 6.07) is 4.49. The van der Waals surface area contributed by atoms with Gasteiger partial charge in [-0.3, -0.25) is 10.1 Å². The molecule has 0 bridgehead atoms. The van der Waals surface area contributed by atoms with E-state index in [2.05, 4.69) is 27.1 Å². The summed E-state index contributed by atoms with van der Waals surface area (Å²) in [5.74, 6) is 0. The van der Waals surface area contributed by atoms with Crippen LogP contribution >= 0.6 is 28.4 Å². The Balaban J connectivity index is 3.20. The van der Waals surface area contributed by atoms with Crippen LogP contribution in [-0.4, -0.2) is 10.6 Å². The van der Waals surface area contributed by atoms with Crippen LogP contribution in [0.25, 0.3) is 0 Å². The van der Waals surface area contributed by atoms with E-state index in [0.717, 1.165) is 5.69 Å². The van der Waals surface area contributed by atoms with Gasteiger partial charge >= 0.3 is 0 Å². The monoisotopic (exact) mass is 337 g/mol. The lowest BCUT2D eigenvalue weighted by Gasteiger charge is -2.08. The van der Waals surface area contributed by atoms with E-state index in [0.29, 0.717) is 17.6 Å². The van der Waals surface area contributed by atoms with Crippen LogP contribution in [0.2, 0.25) is 0 Å².